The maximum Gasteiger partial charge on any atom is 0.267 e. The third kappa shape index (κ3) is 3.11. The number of carbonyl (C=O) groups is 1. The smallest absolute Gasteiger partial charge is 0.267 e. The topological polar surface area (TPSA) is 64.0 Å². The molecule has 2 heterocycles. The van der Waals surface area contributed by atoms with Crippen molar-refractivity contribution < 1.29 is 4.79 Å². The summed E-state index contributed by atoms with van der Waals surface area (Å²) in [7, 11) is 0. The second kappa shape index (κ2) is 6.44. The van der Waals surface area contributed by atoms with E-state index in [1.165, 1.54) is 9.56 Å². The zero-order valence-corrected chi connectivity index (χ0v) is 13.4. The monoisotopic (exact) mass is 317 g/mol. The highest BCUT2D eigenvalue weighted by Gasteiger charge is 2.21. The van der Waals surface area contributed by atoms with Gasteiger partial charge in [-0.25, -0.2) is 4.68 Å². The standard InChI is InChI=1S/C16H19N3O2S/c1-11(16(21)17-8-7-13-5-3-9-22-13)19-15(20)10-12-4-2-6-14(12)18-19/h3,5,9-11H,2,4,6-8H2,1H3,(H,17,21)/t11-/m1/s1. The molecule has 0 aromatic carbocycles. The van der Waals surface area contributed by atoms with Gasteiger partial charge in [0, 0.05) is 17.5 Å². The fourth-order valence-corrected chi connectivity index (χ4v) is 3.42. The molecular formula is C16H19N3O2S. The van der Waals surface area contributed by atoms with E-state index in [1.807, 2.05) is 17.5 Å². The molecular weight excluding hydrogens is 298 g/mol. The van der Waals surface area contributed by atoms with Gasteiger partial charge in [0.2, 0.25) is 5.91 Å². The zero-order chi connectivity index (χ0) is 15.5. The highest BCUT2D eigenvalue weighted by Crippen LogP contribution is 2.18. The second-order valence-corrected chi connectivity index (χ2v) is 6.58. The summed E-state index contributed by atoms with van der Waals surface area (Å²) in [6.07, 6.45) is 3.65. The lowest BCUT2D eigenvalue weighted by molar-refractivity contribution is -0.124. The van der Waals surface area contributed by atoms with E-state index in [0.717, 1.165) is 36.9 Å². The molecule has 0 unspecified atom stereocenters. The molecule has 1 N–H and O–H groups in total. The molecule has 116 valence electrons. The van der Waals surface area contributed by atoms with E-state index in [0.29, 0.717) is 6.54 Å². The number of aromatic nitrogens is 2. The molecule has 1 atom stereocenters. The first kappa shape index (κ1) is 15.0. The predicted octanol–water partition coefficient (Wildman–Crippen LogP) is 1.71. The third-order valence-electron chi connectivity index (χ3n) is 3.98. The molecule has 5 nitrogen and oxygen atoms in total. The van der Waals surface area contributed by atoms with Crippen LogP contribution < -0.4 is 10.9 Å². The molecule has 3 rings (SSSR count). The number of hydrogen-bond donors (Lipinski definition) is 1. The van der Waals surface area contributed by atoms with Crippen molar-refractivity contribution in [3.63, 3.8) is 0 Å². The van der Waals surface area contributed by atoms with E-state index in [-0.39, 0.29) is 11.5 Å². The molecule has 6 heteroatoms. The Bertz CT molecular complexity index is 721. The number of carbonyl (C=O) groups excluding carboxylic acids is 1. The fraction of sp³-hybridized carbons (Fsp3) is 0.438. The van der Waals surface area contributed by atoms with Crippen LogP contribution in [-0.2, 0) is 24.1 Å². The molecule has 0 saturated carbocycles. The molecule has 2 aromatic heterocycles. The van der Waals surface area contributed by atoms with E-state index in [4.69, 9.17) is 0 Å². The van der Waals surface area contributed by atoms with Crippen molar-refractivity contribution in [1.29, 1.82) is 0 Å². The van der Waals surface area contributed by atoms with Gasteiger partial charge in [-0.15, -0.1) is 11.3 Å². The number of nitrogens with one attached hydrogen (secondary N) is 1. The quantitative estimate of drug-likeness (QED) is 0.913. The maximum absolute atomic E-state index is 12.2. The number of nitrogens with zero attached hydrogens (tertiary/aromatic N) is 2. The number of fused-ring (bicyclic) bond motifs is 1. The summed E-state index contributed by atoms with van der Waals surface area (Å²) in [5, 5.41) is 9.28. The van der Waals surface area contributed by atoms with Gasteiger partial charge in [0.1, 0.15) is 6.04 Å². The summed E-state index contributed by atoms with van der Waals surface area (Å²) >= 11 is 1.68. The molecule has 0 bridgehead atoms. The second-order valence-electron chi connectivity index (χ2n) is 5.55. The lowest BCUT2D eigenvalue weighted by Crippen LogP contribution is -2.38. The minimum absolute atomic E-state index is 0.163. The summed E-state index contributed by atoms with van der Waals surface area (Å²) in [6.45, 7) is 2.29. The Morgan fingerprint density at radius 2 is 2.36 bits per heavy atom. The molecule has 1 aliphatic carbocycles. The largest absolute Gasteiger partial charge is 0.354 e. The van der Waals surface area contributed by atoms with Crippen LogP contribution in [0, 0.1) is 0 Å². The van der Waals surface area contributed by atoms with Crippen molar-refractivity contribution >= 4 is 17.2 Å². The number of thiophene rings is 1. The highest BCUT2D eigenvalue weighted by molar-refractivity contribution is 7.09. The Balaban J connectivity index is 1.64. The van der Waals surface area contributed by atoms with Crippen LogP contribution in [0.2, 0.25) is 0 Å². The van der Waals surface area contributed by atoms with Gasteiger partial charge in [-0.1, -0.05) is 6.07 Å². The average molecular weight is 317 g/mol. The first-order valence-corrected chi connectivity index (χ1v) is 8.45. The third-order valence-corrected chi connectivity index (χ3v) is 4.92. The van der Waals surface area contributed by atoms with Gasteiger partial charge < -0.3 is 5.32 Å². The van der Waals surface area contributed by atoms with Crippen LogP contribution in [0.5, 0.6) is 0 Å². The van der Waals surface area contributed by atoms with Crippen LogP contribution in [0.25, 0.3) is 0 Å². The Kier molecular flexibility index (Phi) is 4.38. The van der Waals surface area contributed by atoms with Crippen molar-refractivity contribution in [3.8, 4) is 0 Å². The summed E-state index contributed by atoms with van der Waals surface area (Å²) in [5.74, 6) is -0.163. The van der Waals surface area contributed by atoms with Crippen LogP contribution in [0.15, 0.2) is 28.4 Å². The van der Waals surface area contributed by atoms with E-state index in [9.17, 15) is 9.59 Å². The van der Waals surface area contributed by atoms with Crippen LogP contribution in [-0.4, -0.2) is 22.2 Å². The molecule has 2 aromatic rings. The summed E-state index contributed by atoms with van der Waals surface area (Å²) in [4.78, 5) is 25.6. The zero-order valence-electron chi connectivity index (χ0n) is 12.5. The minimum Gasteiger partial charge on any atom is -0.354 e. The summed E-state index contributed by atoms with van der Waals surface area (Å²) < 4.78 is 1.31. The number of rotatable bonds is 5. The molecule has 0 saturated heterocycles. The maximum atomic E-state index is 12.2. The normalized spacial score (nSPS) is 14.6. The predicted molar refractivity (Wildman–Crippen MR) is 86.3 cm³/mol. The first-order chi connectivity index (χ1) is 10.6. The van der Waals surface area contributed by atoms with E-state index in [1.54, 1.807) is 24.3 Å². The Labute approximate surface area is 133 Å². The number of hydrogen-bond acceptors (Lipinski definition) is 4. The van der Waals surface area contributed by atoms with Crippen molar-refractivity contribution in [1.82, 2.24) is 15.1 Å². The first-order valence-electron chi connectivity index (χ1n) is 7.57. The van der Waals surface area contributed by atoms with Crippen molar-refractivity contribution in [2.45, 2.75) is 38.6 Å². The van der Waals surface area contributed by atoms with Crippen molar-refractivity contribution in [2.75, 3.05) is 6.54 Å². The highest BCUT2D eigenvalue weighted by atomic mass is 32.1. The Morgan fingerprint density at radius 1 is 1.50 bits per heavy atom. The molecule has 0 spiro atoms. The molecule has 0 fully saturated rings. The molecule has 1 amide bonds. The summed E-state index contributed by atoms with van der Waals surface area (Å²) in [5.41, 5.74) is 1.80. The van der Waals surface area contributed by atoms with E-state index < -0.39 is 6.04 Å². The summed E-state index contributed by atoms with van der Waals surface area (Å²) in [6, 6.07) is 5.09. The van der Waals surface area contributed by atoms with E-state index in [2.05, 4.69) is 10.4 Å². The lowest BCUT2D eigenvalue weighted by Gasteiger charge is -2.15. The molecule has 22 heavy (non-hydrogen) atoms. The lowest BCUT2D eigenvalue weighted by atomic mass is 10.2. The van der Waals surface area contributed by atoms with Crippen molar-refractivity contribution in [2.24, 2.45) is 0 Å². The number of aryl methyl sites for hydroxylation is 2. The van der Waals surface area contributed by atoms with Gasteiger partial charge in [0.15, 0.2) is 0 Å². The van der Waals surface area contributed by atoms with Gasteiger partial charge in [-0.3, -0.25) is 9.59 Å². The van der Waals surface area contributed by atoms with E-state index >= 15 is 0 Å². The van der Waals surface area contributed by atoms with Crippen molar-refractivity contribution in [3.05, 3.63) is 50.1 Å². The van der Waals surface area contributed by atoms with Gasteiger partial charge in [-0.2, -0.15) is 5.10 Å². The Hall–Kier alpha value is -1.95. The van der Waals surface area contributed by atoms with Gasteiger partial charge in [0.05, 0.1) is 5.69 Å². The molecule has 0 radical (unpaired) electrons. The molecule has 1 aliphatic rings. The van der Waals surface area contributed by atoms with Gasteiger partial charge in [-0.05, 0) is 49.6 Å². The van der Waals surface area contributed by atoms with Gasteiger partial charge in [0.25, 0.3) is 5.56 Å². The SMILES string of the molecule is C[C@H](C(=O)NCCc1cccs1)n1nc2c(cc1=O)CCC2. The van der Waals surface area contributed by atoms with Crippen LogP contribution in [0.4, 0.5) is 0 Å². The van der Waals surface area contributed by atoms with Crippen LogP contribution in [0.3, 0.4) is 0 Å². The molecule has 0 aliphatic heterocycles. The minimum atomic E-state index is -0.582. The number of amides is 1. The van der Waals surface area contributed by atoms with Crippen LogP contribution in [0.1, 0.15) is 35.5 Å². The fourth-order valence-electron chi connectivity index (χ4n) is 2.72. The van der Waals surface area contributed by atoms with Crippen LogP contribution >= 0.6 is 11.3 Å². The Morgan fingerprint density at radius 3 is 3.14 bits per heavy atom. The van der Waals surface area contributed by atoms with Gasteiger partial charge >= 0.3 is 0 Å². The average Bonchev–Trinajstić information content (AvgIpc) is 3.16.